The van der Waals surface area contributed by atoms with Crippen molar-refractivity contribution in [3.05, 3.63) is 28.0 Å². The molecule has 0 spiro atoms. The Morgan fingerprint density at radius 2 is 1.81 bits per heavy atom. The molecule has 3 rings (SSSR count). The number of morpholine rings is 1. The zero-order valence-corrected chi connectivity index (χ0v) is 16.2. The number of nitrogens with zero attached hydrogens (tertiary/aromatic N) is 3. The Morgan fingerprint density at radius 1 is 1.12 bits per heavy atom. The zero-order chi connectivity index (χ0) is 18.4. The lowest BCUT2D eigenvalue weighted by Gasteiger charge is -2.35. The zero-order valence-electron chi connectivity index (χ0n) is 15.4. The molecule has 7 heteroatoms. The monoisotopic (exact) mass is 377 g/mol. The maximum atomic E-state index is 12.6. The molecule has 0 bridgehead atoms. The van der Waals surface area contributed by atoms with Crippen LogP contribution in [0.25, 0.3) is 6.08 Å². The summed E-state index contributed by atoms with van der Waals surface area (Å²) in [4.78, 5) is 32.1. The molecule has 0 radical (unpaired) electrons. The van der Waals surface area contributed by atoms with Crippen molar-refractivity contribution in [2.45, 2.75) is 13.3 Å². The lowest BCUT2D eigenvalue weighted by molar-refractivity contribution is -0.138. The third-order valence-corrected chi connectivity index (χ3v) is 5.72. The van der Waals surface area contributed by atoms with Gasteiger partial charge in [-0.3, -0.25) is 14.5 Å². The second-order valence-corrected chi connectivity index (χ2v) is 7.70. The first-order valence-electron chi connectivity index (χ1n) is 9.22. The molecular formula is C19H27N3O3S. The molecule has 2 aliphatic rings. The molecule has 2 amide bonds. The molecule has 2 fully saturated rings. The van der Waals surface area contributed by atoms with Gasteiger partial charge in [0.1, 0.15) is 0 Å². The average Bonchev–Trinajstić information content (AvgIpc) is 3.19. The van der Waals surface area contributed by atoms with E-state index in [2.05, 4.69) is 4.90 Å². The van der Waals surface area contributed by atoms with E-state index in [-0.39, 0.29) is 11.8 Å². The van der Waals surface area contributed by atoms with Crippen LogP contribution in [0.1, 0.15) is 18.2 Å². The van der Waals surface area contributed by atoms with Gasteiger partial charge >= 0.3 is 0 Å². The van der Waals surface area contributed by atoms with E-state index in [0.717, 1.165) is 43.3 Å². The Bertz CT molecular complexity index is 630. The first-order valence-corrected chi connectivity index (χ1v) is 10.1. The van der Waals surface area contributed by atoms with Gasteiger partial charge in [-0.1, -0.05) is 6.07 Å². The third-order valence-electron chi connectivity index (χ3n) is 4.90. The number of thiophene rings is 1. The quantitative estimate of drug-likeness (QED) is 0.731. The van der Waals surface area contributed by atoms with Gasteiger partial charge < -0.3 is 14.5 Å². The summed E-state index contributed by atoms with van der Waals surface area (Å²) in [6, 6.07) is 3.99. The molecular weight excluding hydrogens is 350 g/mol. The highest BCUT2D eigenvalue weighted by Gasteiger charge is 2.25. The lowest BCUT2D eigenvalue weighted by Crippen LogP contribution is -2.51. The molecule has 2 saturated heterocycles. The van der Waals surface area contributed by atoms with Crippen LogP contribution in [0.5, 0.6) is 0 Å². The minimum atomic E-state index is 0.0683. The van der Waals surface area contributed by atoms with Gasteiger partial charge in [0.05, 0.1) is 13.2 Å². The van der Waals surface area contributed by atoms with E-state index in [4.69, 9.17) is 4.74 Å². The van der Waals surface area contributed by atoms with Crippen LogP contribution in [0.3, 0.4) is 0 Å². The Hall–Kier alpha value is -1.70. The molecule has 26 heavy (non-hydrogen) atoms. The molecule has 0 atom stereocenters. The van der Waals surface area contributed by atoms with E-state index in [1.165, 1.54) is 0 Å². The van der Waals surface area contributed by atoms with E-state index in [1.807, 2.05) is 40.3 Å². The Balaban J connectivity index is 1.43. The van der Waals surface area contributed by atoms with Crippen molar-refractivity contribution in [1.29, 1.82) is 0 Å². The number of ether oxygens (including phenoxy) is 1. The minimum absolute atomic E-state index is 0.0683. The van der Waals surface area contributed by atoms with Crippen LogP contribution in [0.4, 0.5) is 0 Å². The molecule has 142 valence electrons. The molecule has 0 saturated carbocycles. The van der Waals surface area contributed by atoms with Crippen LogP contribution in [-0.4, -0.2) is 85.5 Å². The molecule has 3 heterocycles. The molecule has 0 N–H and O–H groups in total. The largest absolute Gasteiger partial charge is 0.379 e. The fourth-order valence-corrected chi connectivity index (χ4v) is 4.01. The van der Waals surface area contributed by atoms with Crippen LogP contribution in [0.2, 0.25) is 0 Å². The predicted molar refractivity (Wildman–Crippen MR) is 103 cm³/mol. The molecule has 0 aliphatic carbocycles. The predicted octanol–water partition coefficient (Wildman–Crippen LogP) is 1.54. The van der Waals surface area contributed by atoms with Crippen molar-refractivity contribution >= 4 is 29.2 Å². The van der Waals surface area contributed by atoms with Crippen molar-refractivity contribution in [2.75, 3.05) is 59.0 Å². The smallest absolute Gasteiger partial charge is 0.249 e. The summed E-state index contributed by atoms with van der Waals surface area (Å²) in [5.41, 5.74) is 0.750. The van der Waals surface area contributed by atoms with Crippen molar-refractivity contribution in [3.63, 3.8) is 0 Å². The number of piperazine rings is 1. The number of hydrogen-bond donors (Lipinski definition) is 0. The van der Waals surface area contributed by atoms with E-state index in [0.29, 0.717) is 32.6 Å². The summed E-state index contributed by atoms with van der Waals surface area (Å²) < 4.78 is 5.33. The van der Waals surface area contributed by atoms with E-state index in [1.54, 1.807) is 11.3 Å². The third kappa shape index (κ3) is 5.16. The van der Waals surface area contributed by atoms with Crippen LogP contribution < -0.4 is 0 Å². The van der Waals surface area contributed by atoms with E-state index in [9.17, 15) is 9.59 Å². The fourth-order valence-electron chi connectivity index (χ4n) is 3.29. The standard InChI is InChI=1S/C19H27N3O3S/c1-16(15-17-3-2-14-26-17)19(24)22-8-6-21(7-9-22)18(23)4-5-20-10-12-25-13-11-20/h2-3,14-15H,4-13H2,1H3/b16-15+. The van der Waals surface area contributed by atoms with Crippen molar-refractivity contribution in [3.8, 4) is 0 Å². The van der Waals surface area contributed by atoms with Gasteiger partial charge in [-0.2, -0.15) is 0 Å². The van der Waals surface area contributed by atoms with Gasteiger partial charge in [0.2, 0.25) is 11.8 Å². The normalized spacial score (nSPS) is 19.7. The Morgan fingerprint density at radius 3 is 2.46 bits per heavy atom. The highest BCUT2D eigenvalue weighted by molar-refractivity contribution is 7.10. The topological polar surface area (TPSA) is 53.1 Å². The Labute approximate surface area is 159 Å². The first-order chi connectivity index (χ1) is 12.6. The van der Waals surface area contributed by atoms with Crippen LogP contribution >= 0.6 is 11.3 Å². The number of rotatable bonds is 5. The van der Waals surface area contributed by atoms with Crippen LogP contribution in [0, 0.1) is 0 Å². The van der Waals surface area contributed by atoms with Gasteiger partial charge in [0, 0.05) is 62.7 Å². The van der Waals surface area contributed by atoms with E-state index < -0.39 is 0 Å². The highest BCUT2D eigenvalue weighted by Crippen LogP contribution is 2.15. The van der Waals surface area contributed by atoms with E-state index >= 15 is 0 Å². The van der Waals surface area contributed by atoms with Gasteiger partial charge in [0.25, 0.3) is 0 Å². The van der Waals surface area contributed by atoms with Gasteiger partial charge in [-0.15, -0.1) is 11.3 Å². The minimum Gasteiger partial charge on any atom is -0.379 e. The molecule has 1 aromatic rings. The summed E-state index contributed by atoms with van der Waals surface area (Å²) in [5.74, 6) is 0.258. The SMILES string of the molecule is C/C(=C\c1cccs1)C(=O)N1CCN(C(=O)CCN2CCOCC2)CC1. The summed E-state index contributed by atoms with van der Waals surface area (Å²) in [6.45, 7) is 8.46. The number of amides is 2. The summed E-state index contributed by atoms with van der Waals surface area (Å²) in [5, 5.41) is 2.00. The van der Waals surface area contributed by atoms with Crippen molar-refractivity contribution < 1.29 is 14.3 Å². The van der Waals surface area contributed by atoms with Crippen LogP contribution in [-0.2, 0) is 14.3 Å². The molecule has 0 unspecified atom stereocenters. The second kappa shape index (κ2) is 9.30. The average molecular weight is 378 g/mol. The number of carbonyl (C=O) groups excluding carboxylic acids is 2. The molecule has 0 aromatic carbocycles. The lowest BCUT2D eigenvalue weighted by atomic mass is 10.2. The summed E-state index contributed by atoms with van der Waals surface area (Å²) in [6.07, 6.45) is 2.48. The fraction of sp³-hybridized carbons (Fsp3) is 0.579. The maximum absolute atomic E-state index is 12.6. The van der Waals surface area contributed by atoms with Crippen molar-refractivity contribution in [1.82, 2.24) is 14.7 Å². The molecule has 1 aromatic heterocycles. The number of carbonyl (C=O) groups is 2. The molecule has 2 aliphatic heterocycles. The summed E-state index contributed by atoms with van der Waals surface area (Å²) >= 11 is 1.62. The Kier molecular flexibility index (Phi) is 6.82. The summed E-state index contributed by atoms with van der Waals surface area (Å²) in [7, 11) is 0. The van der Waals surface area contributed by atoms with Crippen molar-refractivity contribution in [2.24, 2.45) is 0 Å². The maximum Gasteiger partial charge on any atom is 0.249 e. The van der Waals surface area contributed by atoms with Gasteiger partial charge in [-0.05, 0) is 24.4 Å². The first kappa shape index (κ1) is 19.1. The highest BCUT2D eigenvalue weighted by atomic mass is 32.1. The van der Waals surface area contributed by atoms with Gasteiger partial charge in [0.15, 0.2) is 0 Å². The van der Waals surface area contributed by atoms with Gasteiger partial charge in [-0.25, -0.2) is 0 Å². The molecule has 6 nitrogen and oxygen atoms in total. The number of hydrogen-bond acceptors (Lipinski definition) is 5. The second-order valence-electron chi connectivity index (χ2n) is 6.72. The van der Waals surface area contributed by atoms with Crippen LogP contribution in [0.15, 0.2) is 23.1 Å².